The first-order valence-corrected chi connectivity index (χ1v) is 6.22. The molecular formula is C13H17FN2O5. The van der Waals surface area contributed by atoms with Crippen LogP contribution in [-0.2, 0) is 9.53 Å². The van der Waals surface area contributed by atoms with Crippen LogP contribution in [0.3, 0.4) is 0 Å². The Hall–Kier alpha value is -2.22. The number of carbonyl (C=O) groups excluding carboxylic acids is 1. The molecule has 0 fully saturated rings. The minimum atomic E-state index is -1.45. The zero-order valence-electron chi connectivity index (χ0n) is 12.0. The van der Waals surface area contributed by atoms with Gasteiger partial charge < -0.3 is 15.2 Å². The molecule has 7 nitrogen and oxygen atoms in total. The first-order valence-electron chi connectivity index (χ1n) is 6.22. The summed E-state index contributed by atoms with van der Waals surface area (Å²) in [5, 5.41) is 10.7. The van der Waals surface area contributed by atoms with Gasteiger partial charge in [0.1, 0.15) is 12.1 Å². The van der Waals surface area contributed by atoms with Crippen molar-refractivity contribution in [3.8, 4) is 5.75 Å². The Morgan fingerprint density at radius 3 is 2.67 bits per heavy atom. The first-order chi connectivity index (χ1) is 9.69. The summed E-state index contributed by atoms with van der Waals surface area (Å²) in [7, 11) is 0. The van der Waals surface area contributed by atoms with Gasteiger partial charge in [-0.2, -0.15) is 0 Å². The number of rotatable bonds is 6. The van der Waals surface area contributed by atoms with E-state index in [1.54, 1.807) is 6.92 Å². The van der Waals surface area contributed by atoms with Gasteiger partial charge in [-0.1, -0.05) is 0 Å². The predicted octanol–water partition coefficient (Wildman–Crippen LogP) is 1.70. The van der Waals surface area contributed by atoms with E-state index in [2.05, 4.69) is 0 Å². The molecule has 0 aromatic heterocycles. The van der Waals surface area contributed by atoms with E-state index in [4.69, 9.17) is 15.2 Å². The van der Waals surface area contributed by atoms with Gasteiger partial charge in [-0.05, 0) is 26.8 Å². The Morgan fingerprint density at radius 1 is 1.52 bits per heavy atom. The van der Waals surface area contributed by atoms with Crippen LogP contribution in [0.1, 0.15) is 19.4 Å². The monoisotopic (exact) mass is 300 g/mol. The second-order valence-electron chi connectivity index (χ2n) is 4.75. The smallest absolute Gasteiger partial charge is 0.329 e. The summed E-state index contributed by atoms with van der Waals surface area (Å²) in [4.78, 5) is 21.6. The molecule has 0 saturated carbocycles. The third-order valence-corrected chi connectivity index (χ3v) is 2.72. The van der Waals surface area contributed by atoms with Gasteiger partial charge >= 0.3 is 5.97 Å². The number of aryl methyl sites for hydroxylation is 1. The van der Waals surface area contributed by atoms with E-state index < -0.39 is 22.2 Å². The van der Waals surface area contributed by atoms with Crippen molar-refractivity contribution in [2.45, 2.75) is 26.3 Å². The van der Waals surface area contributed by atoms with Crippen LogP contribution in [0.4, 0.5) is 10.1 Å². The summed E-state index contributed by atoms with van der Waals surface area (Å²) in [5.41, 5.74) is 4.18. The Kier molecular flexibility index (Phi) is 5.20. The number of nitrogens with zero attached hydrogens (tertiary/aromatic N) is 1. The largest absolute Gasteiger partial charge is 0.488 e. The zero-order valence-corrected chi connectivity index (χ0v) is 12.0. The second kappa shape index (κ2) is 6.49. The molecule has 21 heavy (non-hydrogen) atoms. The molecule has 8 heteroatoms. The lowest BCUT2D eigenvalue weighted by atomic mass is 10.1. The zero-order chi connectivity index (χ0) is 16.2. The number of nitrogens with two attached hydrogens (primary N) is 1. The normalized spacial score (nSPS) is 13.4. The number of benzene rings is 1. The maximum Gasteiger partial charge on any atom is 0.329 e. The maximum atomic E-state index is 13.7. The number of carbonyl (C=O) groups is 1. The summed E-state index contributed by atoms with van der Waals surface area (Å²) < 4.78 is 23.7. The molecule has 116 valence electrons. The summed E-state index contributed by atoms with van der Waals surface area (Å²) in [6.07, 6.45) is 0. The first kappa shape index (κ1) is 16.8. The number of nitro benzene ring substituents is 1. The minimum absolute atomic E-state index is 0.163. The molecule has 1 aromatic carbocycles. The van der Waals surface area contributed by atoms with Crippen LogP contribution < -0.4 is 10.5 Å². The van der Waals surface area contributed by atoms with Crippen LogP contribution in [0.5, 0.6) is 5.75 Å². The highest BCUT2D eigenvalue weighted by molar-refractivity contribution is 5.80. The average molecular weight is 300 g/mol. The van der Waals surface area contributed by atoms with E-state index in [1.807, 2.05) is 0 Å². The van der Waals surface area contributed by atoms with Gasteiger partial charge in [0.2, 0.25) is 0 Å². The van der Waals surface area contributed by atoms with Crippen molar-refractivity contribution in [1.29, 1.82) is 0 Å². The Balaban J connectivity index is 2.87. The van der Waals surface area contributed by atoms with E-state index in [0.717, 1.165) is 6.07 Å². The molecule has 0 aliphatic heterocycles. The molecule has 0 heterocycles. The predicted molar refractivity (Wildman–Crippen MR) is 72.5 cm³/mol. The molecule has 1 unspecified atom stereocenters. The molecule has 1 rings (SSSR count). The van der Waals surface area contributed by atoms with Gasteiger partial charge in [-0.3, -0.25) is 10.1 Å². The van der Waals surface area contributed by atoms with Gasteiger partial charge in [-0.25, -0.2) is 9.18 Å². The third-order valence-electron chi connectivity index (χ3n) is 2.72. The highest BCUT2D eigenvalue weighted by atomic mass is 19.1. The molecule has 1 atom stereocenters. The number of hydrogen-bond acceptors (Lipinski definition) is 6. The van der Waals surface area contributed by atoms with Crippen molar-refractivity contribution >= 4 is 11.7 Å². The fourth-order valence-corrected chi connectivity index (χ4v) is 1.53. The van der Waals surface area contributed by atoms with Gasteiger partial charge in [0.25, 0.3) is 5.69 Å². The lowest BCUT2D eigenvalue weighted by Crippen LogP contribution is -2.51. The summed E-state index contributed by atoms with van der Waals surface area (Å²) in [6.45, 7) is 4.32. The van der Waals surface area contributed by atoms with Crippen LogP contribution in [-0.4, -0.2) is 29.6 Å². The van der Waals surface area contributed by atoms with Crippen LogP contribution in [0.15, 0.2) is 12.1 Å². The van der Waals surface area contributed by atoms with Crippen LogP contribution in [0, 0.1) is 22.9 Å². The van der Waals surface area contributed by atoms with Crippen molar-refractivity contribution in [3.63, 3.8) is 0 Å². The number of nitro groups is 1. The Morgan fingerprint density at radius 2 is 2.14 bits per heavy atom. The molecule has 0 amide bonds. The van der Waals surface area contributed by atoms with Gasteiger partial charge in [0, 0.05) is 5.56 Å². The van der Waals surface area contributed by atoms with Crippen molar-refractivity contribution in [2.75, 3.05) is 13.2 Å². The average Bonchev–Trinajstić information content (AvgIpc) is 2.39. The molecule has 0 bridgehead atoms. The molecule has 0 spiro atoms. The van der Waals surface area contributed by atoms with E-state index >= 15 is 0 Å². The van der Waals surface area contributed by atoms with Crippen molar-refractivity contribution in [3.05, 3.63) is 33.6 Å². The standard InChI is InChI=1S/C13H17FN2O5/c1-4-20-12(17)13(3,15)7-21-11-5-8(2)10(16(18)19)6-9(11)14/h5-6H,4,7,15H2,1-3H3. The van der Waals surface area contributed by atoms with Gasteiger partial charge in [0.15, 0.2) is 11.6 Å². The highest BCUT2D eigenvalue weighted by Gasteiger charge is 2.31. The number of ether oxygens (including phenoxy) is 2. The van der Waals surface area contributed by atoms with Crippen LogP contribution in [0.2, 0.25) is 0 Å². The van der Waals surface area contributed by atoms with Crippen LogP contribution >= 0.6 is 0 Å². The summed E-state index contributed by atoms with van der Waals surface area (Å²) >= 11 is 0. The number of hydrogen-bond donors (Lipinski definition) is 1. The summed E-state index contributed by atoms with van der Waals surface area (Å²) in [6, 6.07) is 1.96. The molecule has 0 aliphatic carbocycles. The Labute approximate surface area is 121 Å². The second-order valence-corrected chi connectivity index (χ2v) is 4.75. The minimum Gasteiger partial charge on any atom is -0.488 e. The number of esters is 1. The molecule has 1 aromatic rings. The van der Waals surface area contributed by atoms with E-state index in [-0.39, 0.29) is 30.2 Å². The van der Waals surface area contributed by atoms with E-state index in [9.17, 15) is 19.3 Å². The fraction of sp³-hybridized carbons (Fsp3) is 0.462. The molecule has 2 N–H and O–H groups in total. The molecule has 0 saturated heterocycles. The SMILES string of the molecule is CCOC(=O)C(C)(N)COc1cc(C)c([N+](=O)[O-])cc1F. The summed E-state index contributed by atoms with van der Waals surface area (Å²) in [5.74, 6) is -1.78. The topological polar surface area (TPSA) is 105 Å². The lowest BCUT2D eigenvalue weighted by molar-refractivity contribution is -0.385. The van der Waals surface area contributed by atoms with Gasteiger partial charge in [0.05, 0.1) is 17.6 Å². The molecule has 0 aliphatic rings. The number of halogens is 1. The quantitative estimate of drug-likeness (QED) is 0.487. The lowest BCUT2D eigenvalue weighted by Gasteiger charge is -2.22. The Bertz CT molecular complexity index is 560. The fourth-order valence-electron chi connectivity index (χ4n) is 1.53. The van der Waals surface area contributed by atoms with Crippen molar-refractivity contribution < 1.29 is 23.6 Å². The van der Waals surface area contributed by atoms with E-state index in [0.29, 0.717) is 0 Å². The highest BCUT2D eigenvalue weighted by Crippen LogP contribution is 2.27. The van der Waals surface area contributed by atoms with Crippen molar-refractivity contribution in [1.82, 2.24) is 0 Å². The van der Waals surface area contributed by atoms with Crippen molar-refractivity contribution in [2.24, 2.45) is 5.73 Å². The van der Waals surface area contributed by atoms with E-state index in [1.165, 1.54) is 19.9 Å². The molecular weight excluding hydrogens is 283 g/mol. The van der Waals surface area contributed by atoms with Crippen LogP contribution in [0.25, 0.3) is 0 Å². The maximum absolute atomic E-state index is 13.7. The van der Waals surface area contributed by atoms with Gasteiger partial charge in [-0.15, -0.1) is 0 Å². The molecule has 0 radical (unpaired) electrons. The third kappa shape index (κ3) is 4.12.